The molecule has 0 N–H and O–H groups in total. The monoisotopic (exact) mass is 453 g/mol. The Hall–Kier alpha value is -2.96. The number of hydrogen-bond donors (Lipinski definition) is 0. The highest BCUT2D eigenvalue weighted by atomic mass is 19.1. The predicted octanol–water partition coefficient (Wildman–Crippen LogP) is 3.95. The molecule has 0 bridgehead atoms. The smallest absolute Gasteiger partial charge is 0.255 e. The lowest BCUT2D eigenvalue weighted by Gasteiger charge is -2.38. The first-order chi connectivity index (χ1) is 15.8. The molecule has 1 aromatic carbocycles. The Bertz CT molecular complexity index is 1000. The molecular formula is C26H32FN3O3. The van der Waals surface area contributed by atoms with Crippen LogP contribution >= 0.6 is 0 Å². The molecule has 1 aromatic heterocycles. The molecule has 176 valence electrons. The number of piperidine rings is 1. The number of carbonyl (C=O) groups is 2. The molecule has 1 spiro atoms. The van der Waals surface area contributed by atoms with Gasteiger partial charge in [0, 0.05) is 37.9 Å². The Balaban J connectivity index is 1.47. The van der Waals surface area contributed by atoms with Crippen LogP contribution in [-0.2, 0) is 11.2 Å². The van der Waals surface area contributed by atoms with E-state index in [1.807, 2.05) is 15.9 Å². The molecule has 0 saturated carbocycles. The maximum atomic E-state index is 13.7. The van der Waals surface area contributed by atoms with Gasteiger partial charge in [-0.15, -0.1) is 0 Å². The molecular weight excluding hydrogens is 421 g/mol. The van der Waals surface area contributed by atoms with E-state index in [0.717, 1.165) is 12.0 Å². The van der Waals surface area contributed by atoms with Gasteiger partial charge >= 0.3 is 0 Å². The Morgan fingerprint density at radius 1 is 1.24 bits per heavy atom. The summed E-state index contributed by atoms with van der Waals surface area (Å²) < 4.78 is 18.8. The number of ether oxygens (including phenoxy) is 1. The summed E-state index contributed by atoms with van der Waals surface area (Å²) in [4.78, 5) is 34.5. The Morgan fingerprint density at radius 2 is 2.00 bits per heavy atom. The highest BCUT2D eigenvalue weighted by molar-refractivity contribution is 5.94. The average Bonchev–Trinajstić information content (AvgIpc) is 3.04. The van der Waals surface area contributed by atoms with Crippen molar-refractivity contribution in [3.63, 3.8) is 0 Å². The van der Waals surface area contributed by atoms with E-state index >= 15 is 0 Å². The number of benzene rings is 1. The third kappa shape index (κ3) is 4.87. The standard InChI is InChI=1S/C26H32FN3O3/c1-18(2)17-30-22(14-19-5-4-6-21(27)13-19)15-26(25(30)32)9-11-29(12-10-26)24(31)20-7-8-23(33-3)28-16-20/h4-8,13,16,18,22H,9-12,14-15,17H2,1-3H3. The molecule has 2 fully saturated rings. The zero-order valence-corrected chi connectivity index (χ0v) is 19.6. The second-order valence-electron chi connectivity index (χ2n) is 9.71. The van der Waals surface area contributed by atoms with Crippen molar-refractivity contribution in [2.45, 2.75) is 45.6 Å². The fourth-order valence-corrected chi connectivity index (χ4v) is 5.23. The average molecular weight is 454 g/mol. The molecule has 7 heteroatoms. The molecule has 6 nitrogen and oxygen atoms in total. The zero-order valence-electron chi connectivity index (χ0n) is 19.6. The van der Waals surface area contributed by atoms with Crippen molar-refractivity contribution < 1.29 is 18.7 Å². The number of pyridine rings is 1. The minimum Gasteiger partial charge on any atom is -0.481 e. The summed E-state index contributed by atoms with van der Waals surface area (Å²) in [6.07, 6.45) is 4.23. The number of aromatic nitrogens is 1. The van der Waals surface area contributed by atoms with E-state index in [0.29, 0.717) is 56.3 Å². The third-order valence-corrected chi connectivity index (χ3v) is 6.90. The minimum absolute atomic E-state index is 0.0507. The van der Waals surface area contributed by atoms with Gasteiger partial charge in [0.2, 0.25) is 11.8 Å². The molecule has 1 atom stereocenters. The summed E-state index contributed by atoms with van der Waals surface area (Å²) in [5, 5.41) is 0. The molecule has 1 unspecified atom stereocenters. The van der Waals surface area contributed by atoms with Crippen molar-refractivity contribution in [3.8, 4) is 5.88 Å². The topological polar surface area (TPSA) is 62.7 Å². The van der Waals surface area contributed by atoms with Crippen LogP contribution in [0.15, 0.2) is 42.6 Å². The van der Waals surface area contributed by atoms with Crippen LogP contribution in [0.1, 0.15) is 49.0 Å². The predicted molar refractivity (Wildman–Crippen MR) is 123 cm³/mol. The van der Waals surface area contributed by atoms with Crippen LogP contribution in [0.2, 0.25) is 0 Å². The molecule has 0 aliphatic carbocycles. The largest absolute Gasteiger partial charge is 0.481 e. The van der Waals surface area contributed by atoms with Gasteiger partial charge in [0.15, 0.2) is 0 Å². The summed E-state index contributed by atoms with van der Waals surface area (Å²) in [5.74, 6) is 0.692. The van der Waals surface area contributed by atoms with Crippen LogP contribution in [-0.4, -0.2) is 59.4 Å². The maximum absolute atomic E-state index is 13.7. The van der Waals surface area contributed by atoms with Crippen molar-refractivity contribution in [1.82, 2.24) is 14.8 Å². The quantitative estimate of drug-likeness (QED) is 0.665. The molecule has 33 heavy (non-hydrogen) atoms. The van der Waals surface area contributed by atoms with E-state index < -0.39 is 5.41 Å². The summed E-state index contributed by atoms with van der Waals surface area (Å²) >= 11 is 0. The molecule has 2 saturated heterocycles. The molecule has 2 aliphatic heterocycles. The molecule has 2 aliphatic rings. The molecule has 0 radical (unpaired) electrons. The van der Waals surface area contributed by atoms with E-state index in [4.69, 9.17) is 4.74 Å². The Kier molecular flexibility index (Phi) is 6.68. The summed E-state index contributed by atoms with van der Waals surface area (Å²) in [7, 11) is 1.54. The Morgan fingerprint density at radius 3 is 2.61 bits per heavy atom. The van der Waals surface area contributed by atoms with E-state index in [1.54, 1.807) is 24.3 Å². The van der Waals surface area contributed by atoms with Crippen LogP contribution in [0.25, 0.3) is 0 Å². The van der Waals surface area contributed by atoms with Gasteiger partial charge < -0.3 is 14.5 Å². The second-order valence-corrected chi connectivity index (χ2v) is 9.71. The molecule has 2 aromatic rings. The van der Waals surface area contributed by atoms with Crippen LogP contribution in [0.4, 0.5) is 4.39 Å². The zero-order chi connectivity index (χ0) is 23.6. The van der Waals surface area contributed by atoms with Gasteiger partial charge in [0.1, 0.15) is 5.82 Å². The lowest BCUT2D eigenvalue weighted by Crippen LogP contribution is -2.47. The number of hydrogen-bond acceptors (Lipinski definition) is 4. The van der Waals surface area contributed by atoms with Crippen LogP contribution < -0.4 is 4.74 Å². The number of rotatable bonds is 6. The number of carbonyl (C=O) groups excluding carboxylic acids is 2. The van der Waals surface area contributed by atoms with Gasteiger partial charge in [-0.25, -0.2) is 9.37 Å². The lowest BCUT2D eigenvalue weighted by atomic mass is 9.75. The van der Waals surface area contributed by atoms with E-state index in [9.17, 15) is 14.0 Å². The van der Waals surface area contributed by atoms with Crippen LogP contribution in [0, 0.1) is 17.2 Å². The van der Waals surface area contributed by atoms with Crippen molar-refractivity contribution >= 4 is 11.8 Å². The van der Waals surface area contributed by atoms with Gasteiger partial charge in [-0.2, -0.15) is 0 Å². The van der Waals surface area contributed by atoms with Crippen molar-refractivity contribution in [2.75, 3.05) is 26.7 Å². The minimum atomic E-state index is -0.443. The molecule has 4 rings (SSSR count). The normalized spacial score (nSPS) is 20.0. The number of nitrogens with zero attached hydrogens (tertiary/aromatic N) is 3. The first-order valence-electron chi connectivity index (χ1n) is 11.7. The van der Waals surface area contributed by atoms with Gasteiger partial charge in [-0.3, -0.25) is 9.59 Å². The number of methoxy groups -OCH3 is 1. The summed E-state index contributed by atoms with van der Waals surface area (Å²) in [6.45, 7) is 6.00. The second kappa shape index (κ2) is 9.49. The van der Waals surface area contributed by atoms with E-state index in [2.05, 4.69) is 18.8 Å². The number of likely N-dealkylation sites (tertiary alicyclic amines) is 2. The van der Waals surface area contributed by atoms with Crippen LogP contribution in [0.5, 0.6) is 5.88 Å². The fraction of sp³-hybridized carbons (Fsp3) is 0.500. The highest BCUT2D eigenvalue weighted by Gasteiger charge is 2.52. The Labute approximate surface area is 194 Å². The number of halogens is 1. The van der Waals surface area contributed by atoms with Crippen LogP contribution in [0.3, 0.4) is 0 Å². The maximum Gasteiger partial charge on any atom is 0.255 e. The summed E-state index contributed by atoms with van der Waals surface area (Å²) in [5.41, 5.74) is 0.995. The molecule has 3 heterocycles. The third-order valence-electron chi connectivity index (χ3n) is 6.90. The first kappa shape index (κ1) is 23.2. The number of amides is 2. The lowest BCUT2D eigenvalue weighted by molar-refractivity contribution is -0.139. The van der Waals surface area contributed by atoms with Gasteiger partial charge in [-0.05, 0) is 55.4 Å². The summed E-state index contributed by atoms with van der Waals surface area (Å²) in [6, 6.07) is 10.1. The molecule has 2 amide bonds. The first-order valence-corrected chi connectivity index (χ1v) is 11.7. The van der Waals surface area contributed by atoms with Crippen molar-refractivity contribution in [2.24, 2.45) is 11.3 Å². The SMILES string of the molecule is COc1ccc(C(=O)N2CCC3(CC2)CC(Cc2cccc(F)c2)N(CC(C)C)C3=O)cn1. The highest BCUT2D eigenvalue weighted by Crippen LogP contribution is 2.45. The van der Waals surface area contributed by atoms with Crippen molar-refractivity contribution in [1.29, 1.82) is 0 Å². The fourth-order valence-electron chi connectivity index (χ4n) is 5.23. The van der Waals surface area contributed by atoms with Gasteiger partial charge in [-0.1, -0.05) is 26.0 Å². The van der Waals surface area contributed by atoms with E-state index in [1.165, 1.54) is 19.4 Å². The van der Waals surface area contributed by atoms with Gasteiger partial charge in [0.25, 0.3) is 5.91 Å². The van der Waals surface area contributed by atoms with E-state index in [-0.39, 0.29) is 23.7 Å². The van der Waals surface area contributed by atoms with Crippen molar-refractivity contribution in [3.05, 3.63) is 59.5 Å². The van der Waals surface area contributed by atoms with Gasteiger partial charge in [0.05, 0.1) is 18.1 Å².